The number of Topliss-reactive ketones (excluding diaryl/α,β-unsaturated/α-hetero) is 2. The SMILES string of the molecule is COC(=O)/C=C(\C(=O)OC)C(C(C)=O)C(C)=O. The summed E-state index contributed by atoms with van der Waals surface area (Å²) in [6.07, 6.45) is 0.791. The molecule has 0 aliphatic carbocycles. The summed E-state index contributed by atoms with van der Waals surface area (Å²) in [6, 6.07) is 0. The summed E-state index contributed by atoms with van der Waals surface area (Å²) < 4.78 is 8.76. The Morgan fingerprint density at radius 3 is 1.71 bits per heavy atom. The molecule has 0 aromatic carbocycles. The van der Waals surface area contributed by atoms with Gasteiger partial charge >= 0.3 is 11.9 Å². The zero-order valence-electron chi connectivity index (χ0n) is 10.1. The van der Waals surface area contributed by atoms with Gasteiger partial charge in [0.1, 0.15) is 17.5 Å². The summed E-state index contributed by atoms with van der Waals surface area (Å²) >= 11 is 0. The maximum atomic E-state index is 11.4. The largest absolute Gasteiger partial charge is 0.466 e. The average Bonchev–Trinajstić information content (AvgIpc) is 2.25. The molecule has 0 radical (unpaired) electrons. The standard InChI is InChI=1S/C11H14O6/c1-6(12)10(7(2)13)8(11(15)17-4)5-9(14)16-3/h5,10H,1-4H3/b8-5-. The minimum atomic E-state index is -1.30. The fourth-order valence-corrected chi connectivity index (χ4v) is 1.29. The highest BCUT2D eigenvalue weighted by molar-refractivity contribution is 6.12. The molecule has 0 saturated carbocycles. The molecule has 0 fully saturated rings. The van der Waals surface area contributed by atoms with E-state index >= 15 is 0 Å². The maximum absolute atomic E-state index is 11.4. The van der Waals surface area contributed by atoms with E-state index in [0.29, 0.717) is 0 Å². The molecule has 0 N–H and O–H groups in total. The van der Waals surface area contributed by atoms with Gasteiger partial charge in [-0.05, 0) is 13.8 Å². The highest BCUT2D eigenvalue weighted by Gasteiger charge is 2.30. The van der Waals surface area contributed by atoms with Gasteiger partial charge in [0, 0.05) is 6.08 Å². The molecule has 17 heavy (non-hydrogen) atoms. The number of hydrogen-bond acceptors (Lipinski definition) is 6. The van der Waals surface area contributed by atoms with Crippen LogP contribution in [0.4, 0.5) is 0 Å². The zero-order valence-corrected chi connectivity index (χ0v) is 10.1. The van der Waals surface area contributed by atoms with Gasteiger partial charge in [0.2, 0.25) is 0 Å². The van der Waals surface area contributed by atoms with Crippen molar-refractivity contribution < 1.29 is 28.7 Å². The predicted octanol–water partition coefficient (Wildman–Crippen LogP) is 0.0530. The van der Waals surface area contributed by atoms with Crippen molar-refractivity contribution in [3.8, 4) is 0 Å². The zero-order chi connectivity index (χ0) is 13.6. The molecule has 0 rings (SSSR count). The topological polar surface area (TPSA) is 86.7 Å². The van der Waals surface area contributed by atoms with Crippen LogP contribution in [0.5, 0.6) is 0 Å². The molecule has 0 atom stereocenters. The fourth-order valence-electron chi connectivity index (χ4n) is 1.29. The monoisotopic (exact) mass is 242 g/mol. The van der Waals surface area contributed by atoms with E-state index < -0.39 is 29.4 Å². The first-order chi connectivity index (χ1) is 7.84. The van der Waals surface area contributed by atoms with E-state index in [4.69, 9.17) is 0 Å². The summed E-state index contributed by atoms with van der Waals surface area (Å²) in [6.45, 7) is 2.31. The highest BCUT2D eigenvalue weighted by atomic mass is 16.5. The smallest absolute Gasteiger partial charge is 0.335 e. The Morgan fingerprint density at radius 1 is 0.941 bits per heavy atom. The van der Waals surface area contributed by atoms with Gasteiger partial charge in [-0.1, -0.05) is 0 Å². The van der Waals surface area contributed by atoms with Gasteiger partial charge < -0.3 is 9.47 Å². The third-order valence-corrected chi connectivity index (χ3v) is 2.02. The second-order valence-corrected chi connectivity index (χ2v) is 3.27. The van der Waals surface area contributed by atoms with Crippen LogP contribution < -0.4 is 0 Å². The molecule has 0 amide bonds. The van der Waals surface area contributed by atoms with Gasteiger partial charge in [-0.3, -0.25) is 9.59 Å². The van der Waals surface area contributed by atoms with Crippen molar-refractivity contribution in [2.24, 2.45) is 5.92 Å². The van der Waals surface area contributed by atoms with Crippen LogP contribution in [0.25, 0.3) is 0 Å². The lowest BCUT2D eigenvalue weighted by atomic mass is 9.91. The lowest BCUT2D eigenvalue weighted by Crippen LogP contribution is -2.27. The van der Waals surface area contributed by atoms with Crippen molar-refractivity contribution in [2.75, 3.05) is 14.2 Å². The normalized spacial score (nSPS) is 11.0. The molecule has 0 unspecified atom stereocenters. The first kappa shape index (κ1) is 15.0. The average molecular weight is 242 g/mol. The molecule has 0 spiro atoms. The summed E-state index contributed by atoms with van der Waals surface area (Å²) in [5.74, 6) is -4.14. The fraction of sp³-hybridized carbons (Fsp3) is 0.455. The summed E-state index contributed by atoms with van der Waals surface area (Å²) in [4.78, 5) is 45.1. The number of carbonyl (C=O) groups is 4. The van der Waals surface area contributed by atoms with Gasteiger partial charge in [0.25, 0.3) is 0 Å². The van der Waals surface area contributed by atoms with Crippen molar-refractivity contribution >= 4 is 23.5 Å². The van der Waals surface area contributed by atoms with Crippen LogP contribution in [0.2, 0.25) is 0 Å². The second-order valence-electron chi connectivity index (χ2n) is 3.27. The number of esters is 2. The molecule has 0 saturated heterocycles. The molecule has 0 aliphatic heterocycles. The number of carbonyl (C=O) groups excluding carboxylic acids is 4. The molecule has 6 heteroatoms. The van der Waals surface area contributed by atoms with E-state index in [1.165, 1.54) is 0 Å². The maximum Gasteiger partial charge on any atom is 0.335 e. The van der Waals surface area contributed by atoms with E-state index in [2.05, 4.69) is 9.47 Å². The number of hydrogen-bond donors (Lipinski definition) is 0. The first-order valence-corrected chi connectivity index (χ1v) is 4.73. The van der Waals surface area contributed by atoms with Crippen molar-refractivity contribution in [1.82, 2.24) is 0 Å². The lowest BCUT2D eigenvalue weighted by Gasteiger charge is -2.12. The Morgan fingerprint density at radius 2 is 1.41 bits per heavy atom. The quantitative estimate of drug-likeness (QED) is 0.384. The number of methoxy groups -OCH3 is 2. The third-order valence-electron chi connectivity index (χ3n) is 2.02. The number of ketones is 2. The van der Waals surface area contributed by atoms with Gasteiger partial charge in [-0.25, -0.2) is 9.59 Å². The van der Waals surface area contributed by atoms with E-state index in [1.807, 2.05) is 0 Å². The predicted molar refractivity (Wildman–Crippen MR) is 57.0 cm³/mol. The minimum absolute atomic E-state index is 0.320. The van der Waals surface area contributed by atoms with Crippen molar-refractivity contribution in [3.63, 3.8) is 0 Å². The van der Waals surface area contributed by atoms with Crippen molar-refractivity contribution in [3.05, 3.63) is 11.6 Å². The Hall–Kier alpha value is -1.98. The molecule has 0 bridgehead atoms. The lowest BCUT2D eigenvalue weighted by molar-refractivity contribution is -0.141. The Labute approximate surface area is 98.6 Å². The van der Waals surface area contributed by atoms with Crippen LogP contribution in [0.1, 0.15) is 13.8 Å². The molecular weight excluding hydrogens is 228 g/mol. The third kappa shape index (κ3) is 4.18. The molecular formula is C11H14O6. The van der Waals surface area contributed by atoms with E-state index in [-0.39, 0.29) is 5.57 Å². The van der Waals surface area contributed by atoms with Gasteiger partial charge in [-0.15, -0.1) is 0 Å². The summed E-state index contributed by atoms with van der Waals surface area (Å²) in [5, 5.41) is 0. The second kappa shape index (κ2) is 6.57. The van der Waals surface area contributed by atoms with E-state index in [1.54, 1.807) is 0 Å². The van der Waals surface area contributed by atoms with Crippen molar-refractivity contribution in [2.45, 2.75) is 13.8 Å². The van der Waals surface area contributed by atoms with Crippen LogP contribution in [0, 0.1) is 5.92 Å². The van der Waals surface area contributed by atoms with Crippen LogP contribution in [-0.4, -0.2) is 37.7 Å². The Balaban J connectivity index is 5.51. The van der Waals surface area contributed by atoms with Crippen LogP contribution in [-0.2, 0) is 28.7 Å². The van der Waals surface area contributed by atoms with Gasteiger partial charge in [0.05, 0.1) is 19.8 Å². The number of ether oxygens (including phenoxy) is 2. The number of rotatable bonds is 5. The molecule has 0 aromatic heterocycles. The van der Waals surface area contributed by atoms with Crippen LogP contribution in [0.3, 0.4) is 0 Å². The Bertz CT molecular complexity index is 365. The minimum Gasteiger partial charge on any atom is -0.466 e. The first-order valence-electron chi connectivity index (χ1n) is 4.73. The van der Waals surface area contributed by atoms with E-state index in [9.17, 15) is 19.2 Å². The molecule has 6 nitrogen and oxygen atoms in total. The van der Waals surface area contributed by atoms with E-state index in [0.717, 1.165) is 34.1 Å². The highest BCUT2D eigenvalue weighted by Crippen LogP contribution is 2.15. The summed E-state index contributed by atoms with van der Waals surface area (Å²) in [5.41, 5.74) is -0.320. The van der Waals surface area contributed by atoms with Crippen molar-refractivity contribution in [1.29, 1.82) is 0 Å². The molecule has 0 aliphatic rings. The van der Waals surface area contributed by atoms with Crippen LogP contribution in [0.15, 0.2) is 11.6 Å². The Kier molecular flexibility index (Phi) is 5.80. The molecule has 0 aromatic rings. The van der Waals surface area contributed by atoms with Crippen LogP contribution >= 0.6 is 0 Å². The van der Waals surface area contributed by atoms with Gasteiger partial charge in [-0.2, -0.15) is 0 Å². The molecule has 94 valence electrons. The summed E-state index contributed by atoms with van der Waals surface area (Å²) in [7, 11) is 2.20. The molecule has 0 heterocycles. The van der Waals surface area contributed by atoms with Gasteiger partial charge in [0.15, 0.2) is 0 Å².